The number of rotatable bonds is 20. The number of ether oxygens (including phenoxy) is 2. The third kappa shape index (κ3) is 19.0. The first-order chi connectivity index (χ1) is 11.8. The molecule has 0 saturated carbocycles. The number of methoxy groups -OCH3 is 1. The molecule has 0 fully saturated rings. The molecule has 24 heavy (non-hydrogen) atoms. The molecule has 146 valence electrons. The number of hydrogen-bond donors (Lipinski definition) is 0. The first kappa shape index (κ1) is 24.7. The largest absolute Gasteiger partial charge is 0.379 e. The lowest BCUT2D eigenvalue weighted by Crippen LogP contribution is -2.19. The fourth-order valence-corrected chi connectivity index (χ4v) is 3.70. The maximum absolute atomic E-state index is 5.72. The summed E-state index contributed by atoms with van der Waals surface area (Å²) in [7, 11) is 1.78. The Hall–Kier alpha value is 0.650. The minimum Gasteiger partial charge on any atom is -0.379 e. The van der Waals surface area contributed by atoms with E-state index in [2.05, 4.69) is 29.5 Å². The smallest absolute Gasteiger partial charge is 0.0812 e. The molecule has 0 bridgehead atoms. The van der Waals surface area contributed by atoms with Gasteiger partial charge in [0, 0.05) is 18.1 Å². The van der Waals surface area contributed by atoms with Gasteiger partial charge in [-0.05, 0) is 12.8 Å². The lowest BCUT2D eigenvalue weighted by Gasteiger charge is -2.14. The summed E-state index contributed by atoms with van der Waals surface area (Å²) in [5.41, 5.74) is 0. The van der Waals surface area contributed by atoms with Crippen LogP contribution in [0.3, 0.4) is 0 Å². The van der Waals surface area contributed by atoms with Crippen molar-refractivity contribution in [2.75, 3.05) is 24.8 Å². The van der Waals surface area contributed by atoms with E-state index < -0.39 is 0 Å². The first-order valence-corrected chi connectivity index (χ1v) is 12.0. The first-order valence-electron chi connectivity index (χ1n) is 10.5. The van der Waals surface area contributed by atoms with Gasteiger partial charge in [0.25, 0.3) is 0 Å². The van der Waals surface area contributed by atoms with Gasteiger partial charge in [-0.25, -0.2) is 0 Å². The summed E-state index contributed by atoms with van der Waals surface area (Å²) in [5, 5.41) is 0. The van der Waals surface area contributed by atoms with Crippen LogP contribution in [0.5, 0.6) is 0 Å². The molecule has 0 aliphatic carbocycles. The molecule has 2 nitrogen and oxygen atoms in total. The van der Waals surface area contributed by atoms with Crippen molar-refractivity contribution in [2.45, 2.75) is 109 Å². The van der Waals surface area contributed by atoms with Crippen LogP contribution in [0.25, 0.3) is 0 Å². The lowest BCUT2D eigenvalue weighted by molar-refractivity contribution is 0.00677. The van der Waals surface area contributed by atoms with E-state index in [1.54, 1.807) is 7.11 Å². The summed E-state index contributed by atoms with van der Waals surface area (Å²) in [6.07, 6.45) is 21.1. The molecule has 0 aromatic carbocycles. The Kier molecular flexibility index (Phi) is 22.3. The Morgan fingerprint density at radius 1 is 0.708 bits per heavy atom. The highest BCUT2D eigenvalue weighted by atomic mass is 127. The maximum Gasteiger partial charge on any atom is 0.0812 e. The maximum atomic E-state index is 5.72. The zero-order valence-corrected chi connectivity index (χ0v) is 18.7. The molecule has 1 atom stereocenters. The quantitative estimate of drug-likeness (QED) is 0.109. The van der Waals surface area contributed by atoms with Crippen LogP contribution in [0.2, 0.25) is 0 Å². The van der Waals surface area contributed by atoms with Gasteiger partial charge in [-0.15, -0.1) is 0 Å². The highest BCUT2D eigenvalue weighted by Crippen LogP contribution is 2.13. The van der Waals surface area contributed by atoms with Crippen LogP contribution in [0, 0.1) is 0 Å². The minimum atomic E-state index is 0.286. The lowest BCUT2D eigenvalue weighted by atomic mass is 10.0. The topological polar surface area (TPSA) is 18.5 Å². The number of unbranched alkanes of at least 4 members (excludes halogenated alkanes) is 13. The van der Waals surface area contributed by atoms with Crippen LogP contribution in [-0.4, -0.2) is 30.9 Å². The van der Waals surface area contributed by atoms with Gasteiger partial charge in [-0.1, -0.05) is 113 Å². The molecule has 0 radical (unpaired) electrons. The van der Waals surface area contributed by atoms with Gasteiger partial charge < -0.3 is 9.47 Å². The van der Waals surface area contributed by atoms with E-state index in [1.165, 1.54) is 89.9 Å². The molecule has 0 aromatic heterocycles. The molecule has 0 aliphatic heterocycles. The van der Waals surface area contributed by atoms with Gasteiger partial charge in [0.2, 0.25) is 0 Å². The second kappa shape index (κ2) is 21.7. The van der Waals surface area contributed by atoms with Gasteiger partial charge in [0.1, 0.15) is 0 Å². The van der Waals surface area contributed by atoms with E-state index >= 15 is 0 Å². The van der Waals surface area contributed by atoms with E-state index in [1.807, 2.05) is 0 Å². The van der Waals surface area contributed by atoms with Gasteiger partial charge in [-0.3, -0.25) is 0 Å². The van der Waals surface area contributed by atoms with Crippen molar-refractivity contribution in [1.29, 1.82) is 0 Å². The van der Waals surface area contributed by atoms with Crippen molar-refractivity contribution in [3.05, 3.63) is 0 Å². The zero-order chi connectivity index (χ0) is 17.7. The minimum absolute atomic E-state index is 0.286. The molecule has 0 aromatic rings. The van der Waals surface area contributed by atoms with Crippen molar-refractivity contribution in [3.8, 4) is 0 Å². The molecule has 0 N–H and O–H groups in total. The van der Waals surface area contributed by atoms with Crippen molar-refractivity contribution in [3.63, 3.8) is 0 Å². The average molecular weight is 454 g/mol. The van der Waals surface area contributed by atoms with Crippen LogP contribution >= 0.6 is 22.6 Å². The molecular formula is C21H43IO2. The van der Waals surface area contributed by atoms with Crippen LogP contribution in [0.4, 0.5) is 0 Å². The van der Waals surface area contributed by atoms with Crippen LogP contribution in [0.15, 0.2) is 0 Å². The van der Waals surface area contributed by atoms with Crippen LogP contribution in [0.1, 0.15) is 103 Å². The standard InChI is InChI=1S/C21H43IO2/c1-3-4-5-6-7-8-9-10-11-12-13-14-15-16-19-24-20-21(23-2)17-18-22/h21H,3-20H2,1-2H3/t21-/m0/s1. The number of halogens is 1. The van der Waals surface area contributed by atoms with Gasteiger partial charge in [0.15, 0.2) is 0 Å². The van der Waals surface area contributed by atoms with Crippen molar-refractivity contribution in [1.82, 2.24) is 0 Å². The Bertz CT molecular complexity index is 224. The van der Waals surface area contributed by atoms with E-state index in [9.17, 15) is 0 Å². The second-order valence-electron chi connectivity index (χ2n) is 7.01. The average Bonchev–Trinajstić information content (AvgIpc) is 2.60. The van der Waals surface area contributed by atoms with Gasteiger partial charge in [0.05, 0.1) is 12.7 Å². The summed E-state index contributed by atoms with van der Waals surface area (Å²) in [5.74, 6) is 0. The SMILES string of the molecule is CCCCCCCCCCCCCCCCOC[C@H](CCI)OC. The van der Waals surface area contributed by atoms with Crippen molar-refractivity contribution < 1.29 is 9.47 Å². The van der Waals surface area contributed by atoms with Crippen LogP contribution in [-0.2, 0) is 9.47 Å². The number of alkyl halides is 1. The second-order valence-corrected chi connectivity index (χ2v) is 8.09. The van der Waals surface area contributed by atoms with Gasteiger partial charge in [-0.2, -0.15) is 0 Å². The molecule has 3 heteroatoms. The molecule has 0 rings (SSSR count). The zero-order valence-electron chi connectivity index (χ0n) is 16.5. The van der Waals surface area contributed by atoms with Crippen molar-refractivity contribution in [2.24, 2.45) is 0 Å². The van der Waals surface area contributed by atoms with Crippen molar-refractivity contribution >= 4 is 22.6 Å². The molecular weight excluding hydrogens is 411 g/mol. The Morgan fingerprint density at radius 3 is 1.58 bits per heavy atom. The Morgan fingerprint density at radius 2 is 1.17 bits per heavy atom. The Labute approximate surface area is 166 Å². The van der Waals surface area contributed by atoms with E-state index in [0.717, 1.165) is 24.1 Å². The van der Waals surface area contributed by atoms with E-state index in [-0.39, 0.29) is 6.10 Å². The molecule has 0 unspecified atom stereocenters. The number of hydrogen-bond acceptors (Lipinski definition) is 2. The Balaban J connectivity index is 3.07. The highest BCUT2D eigenvalue weighted by Gasteiger charge is 2.05. The van der Waals surface area contributed by atoms with E-state index in [0.29, 0.717) is 0 Å². The summed E-state index contributed by atoms with van der Waals surface area (Å²) in [6.45, 7) is 3.95. The summed E-state index contributed by atoms with van der Waals surface area (Å²) in [4.78, 5) is 0. The molecule has 0 heterocycles. The highest BCUT2D eigenvalue weighted by molar-refractivity contribution is 14.1. The predicted octanol–water partition coefficient (Wildman–Crippen LogP) is 7.32. The molecule has 0 saturated heterocycles. The molecule has 0 amide bonds. The van der Waals surface area contributed by atoms with E-state index in [4.69, 9.17) is 9.47 Å². The third-order valence-corrected chi connectivity index (χ3v) is 5.33. The summed E-state index contributed by atoms with van der Waals surface area (Å²) < 4.78 is 12.2. The fourth-order valence-electron chi connectivity index (χ4n) is 3.00. The molecule has 0 spiro atoms. The third-order valence-electron chi connectivity index (χ3n) is 4.71. The molecule has 0 aliphatic rings. The monoisotopic (exact) mass is 454 g/mol. The predicted molar refractivity (Wildman–Crippen MR) is 115 cm³/mol. The summed E-state index contributed by atoms with van der Waals surface area (Å²) in [6, 6.07) is 0. The van der Waals surface area contributed by atoms with Crippen LogP contribution < -0.4 is 0 Å². The fraction of sp³-hybridized carbons (Fsp3) is 1.00. The summed E-state index contributed by atoms with van der Waals surface area (Å²) >= 11 is 2.39. The normalized spacial score (nSPS) is 12.6. The van der Waals surface area contributed by atoms with Gasteiger partial charge >= 0.3 is 0 Å².